The lowest BCUT2D eigenvalue weighted by atomic mass is 10.1. The molecular weight excluding hydrogens is 405 g/mol. The van der Waals surface area contributed by atoms with Crippen molar-refractivity contribution in [2.24, 2.45) is 0 Å². The Kier molecular flexibility index (Phi) is 7.44. The molecule has 2 aromatic rings. The Morgan fingerprint density at radius 1 is 1.07 bits per heavy atom. The van der Waals surface area contributed by atoms with Crippen LogP contribution in [0.4, 0.5) is 10.1 Å². The second kappa shape index (κ2) is 10.0. The van der Waals surface area contributed by atoms with E-state index >= 15 is 0 Å². The summed E-state index contributed by atoms with van der Waals surface area (Å²) in [6.07, 6.45) is 4.76. The van der Waals surface area contributed by atoms with Crippen molar-refractivity contribution in [3.05, 3.63) is 65.5 Å². The Hall–Kier alpha value is -2.45. The van der Waals surface area contributed by atoms with Gasteiger partial charge >= 0.3 is 0 Å². The van der Waals surface area contributed by atoms with E-state index in [1.807, 2.05) is 12.1 Å². The lowest BCUT2D eigenvalue weighted by molar-refractivity contribution is -0.119. The van der Waals surface area contributed by atoms with Crippen LogP contribution >= 0.6 is 0 Å². The maximum absolute atomic E-state index is 13.5. The van der Waals surface area contributed by atoms with Crippen LogP contribution in [0.1, 0.15) is 30.4 Å². The van der Waals surface area contributed by atoms with E-state index in [9.17, 15) is 17.6 Å². The Morgan fingerprint density at radius 2 is 1.77 bits per heavy atom. The van der Waals surface area contributed by atoms with Crippen molar-refractivity contribution < 1.29 is 17.6 Å². The molecule has 30 heavy (non-hydrogen) atoms. The number of halogens is 1. The molecule has 0 aromatic heterocycles. The number of anilines is 1. The molecule has 8 heteroatoms. The summed E-state index contributed by atoms with van der Waals surface area (Å²) in [5, 5.41) is 2.76. The van der Waals surface area contributed by atoms with E-state index in [0.29, 0.717) is 6.54 Å². The predicted molar refractivity (Wildman–Crippen MR) is 116 cm³/mol. The van der Waals surface area contributed by atoms with E-state index in [-0.39, 0.29) is 5.69 Å². The summed E-state index contributed by atoms with van der Waals surface area (Å²) in [7, 11) is -3.74. The van der Waals surface area contributed by atoms with E-state index in [1.54, 1.807) is 0 Å². The van der Waals surface area contributed by atoms with Crippen molar-refractivity contribution >= 4 is 21.6 Å². The number of sulfonamides is 1. The van der Waals surface area contributed by atoms with E-state index in [2.05, 4.69) is 22.3 Å². The lowest BCUT2D eigenvalue weighted by Gasteiger charge is -2.26. The van der Waals surface area contributed by atoms with Crippen molar-refractivity contribution in [2.45, 2.75) is 32.4 Å². The smallest absolute Gasteiger partial charge is 0.241 e. The molecule has 1 aliphatic rings. The summed E-state index contributed by atoms with van der Waals surface area (Å²) in [5.41, 5.74) is 2.27. The Morgan fingerprint density at radius 3 is 2.47 bits per heavy atom. The molecule has 1 fully saturated rings. The number of hydrogen-bond donors (Lipinski definition) is 1. The molecule has 1 heterocycles. The first-order valence-electron chi connectivity index (χ1n) is 10.1. The van der Waals surface area contributed by atoms with Crippen LogP contribution < -0.4 is 9.62 Å². The molecule has 6 nitrogen and oxygen atoms in total. The molecule has 1 aliphatic heterocycles. The standard InChI is InChI=1S/C22H28FN3O3S/c1-30(28,29)26(21-10-6-9-20(23)14-21)17-22(27)24-15-18-7-5-8-19(13-18)16-25-11-3-2-4-12-25/h5-10,13-14H,2-4,11-12,15-17H2,1H3,(H,24,27). The fourth-order valence-corrected chi connectivity index (χ4v) is 4.48. The quantitative estimate of drug-likeness (QED) is 0.695. The molecular formula is C22H28FN3O3S. The minimum Gasteiger partial charge on any atom is -0.350 e. The second-order valence-electron chi connectivity index (χ2n) is 7.68. The molecule has 0 radical (unpaired) electrons. The monoisotopic (exact) mass is 433 g/mol. The van der Waals surface area contributed by atoms with Crippen molar-refractivity contribution in [1.82, 2.24) is 10.2 Å². The van der Waals surface area contributed by atoms with Gasteiger partial charge in [-0.2, -0.15) is 0 Å². The fourth-order valence-electron chi connectivity index (χ4n) is 3.63. The first-order valence-corrected chi connectivity index (χ1v) is 12.0. The largest absolute Gasteiger partial charge is 0.350 e. The highest BCUT2D eigenvalue weighted by molar-refractivity contribution is 7.92. The van der Waals surface area contributed by atoms with E-state index in [0.717, 1.165) is 41.8 Å². The van der Waals surface area contributed by atoms with E-state index in [4.69, 9.17) is 0 Å². The number of nitrogens with zero attached hydrogens (tertiary/aromatic N) is 2. The summed E-state index contributed by atoms with van der Waals surface area (Å²) < 4.78 is 38.6. The normalized spacial score (nSPS) is 15.0. The first kappa shape index (κ1) is 22.2. The van der Waals surface area contributed by atoms with E-state index < -0.39 is 28.3 Å². The highest BCUT2D eigenvalue weighted by Gasteiger charge is 2.21. The van der Waals surface area contributed by atoms with Crippen molar-refractivity contribution in [2.75, 3.05) is 30.2 Å². The molecule has 1 N–H and O–H groups in total. The number of piperidine rings is 1. The first-order chi connectivity index (χ1) is 14.3. The zero-order valence-corrected chi connectivity index (χ0v) is 18.0. The summed E-state index contributed by atoms with van der Waals surface area (Å²) >= 11 is 0. The summed E-state index contributed by atoms with van der Waals surface area (Å²) in [6, 6.07) is 13.2. The zero-order valence-electron chi connectivity index (χ0n) is 17.2. The number of likely N-dealkylation sites (tertiary alicyclic amines) is 1. The second-order valence-corrected chi connectivity index (χ2v) is 9.59. The number of hydrogen-bond acceptors (Lipinski definition) is 4. The topological polar surface area (TPSA) is 69.7 Å². The molecule has 3 rings (SSSR count). The summed E-state index contributed by atoms with van der Waals surface area (Å²) in [6.45, 7) is 3.01. The summed E-state index contributed by atoms with van der Waals surface area (Å²) in [5.74, 6) is -1.02. The van der Waals surface area contributed by atoms with Crippen molar-refractivity contribution in [3.63, 3.8) is 0 Å². The molecule has 0 unspecified atom stereocenters. The van der Waals surface area contributed by atoms with Crippen LogP contribution in [0, 0.1) is 5.82 Å². The van der Waals surface area contributed by atoms with Gasteiger partial charge in [-0.1, -0.05) is 36.8 Å². The zero-order chi connectivity index (χ0) is 21.6. The number of carbonyl (C=O) groups is 1. The van der Waals surface area contributed by atoms with Gasteiger partial charge in [0, 0.05) is 13.1 Å². The number of carbonyl (C=O) groups excluding carboxylic acids is 1. The van der Waals surface area contributed by atoms with Crippen molar-refractivity contribution in [3.8, 4) is 0 Å². The molecule has 162 valence electrons. The number of rotatable bonds is 8. The molecule has 2 aromatic carbocycles. The SMILES string of the molecule is CS(=O)(=O)N(CC(=O)NCc1cccc(CN2CCCCC2)c1)c1cccc(F)c1. The van der Waals surface area contributed by atoms with Gasteiger partial charge in [0.15, 0.2) is 0 Å². The van der Waals surface area contributed by atoms with Gasteiger partial charge in [0.25, 0.3) is 0 Å². The molecule has 0 atom stereocenters. The minimum absolute atomic E-state index is 0.121. The summed E-state index contributed by atoms with van der Waals surface area (Å²) in [4.78, 5) is 14.8. The number of nitrogens with one attached hydrogen (secondary N) is 1. The number of amides is 1. The maximum atomic E-state index is 13.5. The highest BCUT2D eigenvalue weighted by atomic mass is 32.2. The van der Waals surface area contributed by atoms with Gasteiger partial charge in [-0.15, -0.1) is 0 Å². The van der Waals surface area contributed by atoms with Crippen LogP contribution in [-0.2, 0) is 27.9 Å². The highest BCUT2D eigenvalue weighted by Crippen LogP contribution is 2.18. The van der Waals surface area contributed by atoms with Gasteiger partial charge < -0.3 is 5.32 Å². The van der Waals surface area contributed by atoms with Crippen LogP contribution in [0.2, 0.25) is 0 Å². The third-order valence-corrected chi connectivity index (χ3v) is 6.26. The fraction of sp³-hybridized carbons (Fsp3) is 0.409. The van der Waals surface area contributed by atoms with Crippen LogP contribution in [0.25, 0.3) is 0 Å². The Labute approximate surface area is 177 Å². The van der Waals surface area contributed by atoms with Crippen LogP contribution in [0.15, 0.2) is 48.5 Å². The average Bonchev–Trinajstić information content (AvgIpc) is 2.71. The maximum Gasteiger partial charge on any atom is 0.241 e. The molecule has 1 saturated heterocycles. The molecule has 1 amide bonds. The van der Waals surface area contributed by atoms with Gasteiger partial charge in [-0.3, -0.25) is 14.0 Å². The third-order valence-electron chi connectivity index (χ3n) is 5.12. The van der Waals surface area contributed by atoms with Gasteiger partial charge in [-0.25, -0.2) is 12.8 Å². The van der Waals surface area contributed by atoms with Crippen LogP contribution in [0.5, 0.6) is 0 Å². The van der Waals surface area contributed by atoms with E-state index in [1.165, 1.54) is 43.0 Å². The van der Waals surface area contributed by atoms with Gasteiger partial charge in [0.2, 0.25) is 15.9 Å². The van der Waals surface area contributed by atoms with Gasteiger partial charge in [0.1, 0.15) is 12.4 Å². The molecule has 0 bridgehead atoms. The Balaban J connectivity index is 1.59. The molecule has 0 saturated carbocycles. The van der Waals surface area contributed by atoms with Crippen molar-refractivity contribution in [1.29, 1.82) is 0 Å². The predicted octanol–water partition coefficient (Wildman–Crippen LogP) is 2.89. The van der Waals surface area contributed by atoms with Crippen LogP contribution in [0.3, 0.4) is 0 Å². The van der Waals surface area contributed by atoms with Gasteiger partial charge in [0.05, 0.1) is 11.9 Å². The Bertz CT molecular complexity index is 975. The third kappa shape index (κ3) is 6.53. The minimum atomic E-state index is -3.74. The number of benzene rings is 2. The molecule has 0 spiro atoms. The van der Waals surface area contributed by atoms with Crippen LogP contribution in [-0.4, -0.2) is 45.1 Å². The van der Waals surface area contributed by atoms with Gasteiger partial charge in [-0.05, 0) is 55.3 Å². The average molecular weight is 434 g/mol. The molecule has 0 aliphatic carbocycles. The lowest BCUT2D eigenvalue weighted by Crippen LogP contribution is -2.40.